The summed E-state index contributed by atoms with van der Waals surface area (Å²) in [7, 11) is 0. The predicted octanol–water partition coefficient (Wildman–Crippen LogP) is 4.37. The van der Waals surface area contributed by atoms with Gasteiger partial charge < -0.3 is 14.5 Å². The zero-order valence-electron chi connectivity index (χ0n) is 10.7. The number of alkyl halides is 3. The summed E-state index contributed by atoms with van der Waals surface area (Å²) < 4.78 is 59.3. The molecule has 0 saturated heterocycles. The smallest absolute Gasteiger partial charge is 0.422 e. The number of carbonyl (C=O) groups excluding carboxylic acids is 1. The number of halogens is 5. The number of carbonyl (C=O) groups is 1. The first kappa shape index (κ1) is 16.3. The first-order valence-corrected chi connectivity index (χ1v) is 6.59. The maximum absolute atomic E-state index is 13.6. The summed E-state index contributed by atoms with van der Waals surface area (Å²) in [6, 6.07) is 4.56. The van der Waals surface area contributed by atoms with E-state index in [4.69, 9.17) is 4.42 Å². The second-order valence-electron chi connectivity index (χ2n) is 4.10. The molecule has 1 amide bonds. The van der Waals surface area contributed by atoms with Crippen molar-refractivity contribution in [1.82, 2.24) is 0 Å². The van der Waals surface area contributed by atoms with Crippen molar-refractivity contribution >= 4 is 27.5 Å². The van der Waals surface area contributed by atoms with Crippen LogP contribution in [-0.2, 0) is 0 Å². The van der Waals surface area contributed by atoms with Crippen molar-refractivity contribution in [2.45, 2.75) is 6.18 Å². The summed E-state index contributed by atoms with van der Waals surface area (Å²) in [4.78, 5) is 11.8. The number of benzene rings is 1. The number of amides is 1. The molecule has 0 atom stereocenters. The molecule has 1 heterocycles. The molecule has 0 saturated carbocycles. The number of rotatable bonds is 4. The molecule has 1 aromatic carbocycles. The van der Waals surface area contributed by atoms with Crippen LogP contribution in [-0.4, -0.2) is 18.7 Å². The molecule has 118 valence electrons. The molecule has 0 spiro atoms. The number of anilines is 1. The van der Waals surface area contributed by atoms with Crippen molar-refractivity contribution in [1.29, 1.82) is 0 Å². The van der Waals surface area contributed by atoms with Gasteiger partial charge >= 0.3 is 6.18 Å². The maximum atomic E-state index is 13.6. The van der Waals surface area contributed by atoms with Gasteiger partial charge in [-0.1, -0.05) is 0 Å². The van der Waals surface area contributed by atoms with Crippen molar-refractivity contribution in [3.8, 4) is 5.75 Å². The highest BCUT2D eigenvalue weighted by Gasteiger charge is 2.29. The van der Waals surface area contributed by atoms with Gasteiger partial charge in [0.05, 0.1) is 10.7 Å². The Morgan fingerprint density at radius 3 is 2.59 bits per heavy atom. The van der Waals surface area contributed by atoms with E-state index in [1.54, 1.807) is 0 Å². The second-order valence-corrected chi connectivity index (χ2v) is 4.96. The number of nitrogens with one attached hydrogen (secondary N) is 1. The van der Waals surface area contributed by atoms with E-state index < -0.39 is 30.3 Å². The highest BCUT2D eigenvalue weighted by molar-refractivity contribution is 9.10. The van der Waals surface area contributed by atoms with Gasteiger partial charge in [0.1, 0.15) is 0 Å². The fourth-order valence-corrected chi connectivity index (χ4v) is 1.88. The number of ether oxygens (including phenoxy) is 1. The van der Waals surface area contributed by atoms with Gasteiger partial charge in [0.15, 0.2) is 18.2 Å². The van der Waals surface area contributed by atoms with Gasteiger partial charge in [-0.15, -0.1) is 0 Å². The van der Waals surface area contributed by atoms with Crippen molar-refractivity contribution in [3.05, 3.63) is 46.6 Å². The van der Waals surface area contributed by atoms with Gasteiger partial charge in [0.25, 0.3) is 5.91 Å². The van der Waals surface area contributed by atoms with Crippen LogP contribution in [0.1, 0.15) is 10.6 Å². The van der Waals surface area contributed by atoms with Crippen LogP contribution in [0.3, 0.4) is 0 Å². The zero-order chi connectivity index (χ0) is 16.3. The molecule has 0 radical (unpaired) electrons. The molecule has 0 aliphatic carbocycles. The molecule has 2 rings (SSSR count). The van der Waals surface area contributed by atoms with Gasteiger partial charge in [-0.3, -0.25) is 4.79 Å². The van der Waals surface area contributed by atoms with Crippen molar-refractivity contribution in [2.24, 2.45) is 0 Å². The highest BCUT2D eigenvalue weighted by Crippen LogP contribution is 2.25. The average Bonchev–Trinajstić information content (AvgIpc) is 2.83. The third kappa shape index (κ3) is 4.23. The fourth-order valence-electron chi connectivity index (χ4n) is 1.50. The first-order chi connectivity index (χ1) is 10.3. The third-order valence-corrected chi connectivity index (χ3v) is 3.03. The van der Waals surface area contributed by atoms with Gasteiger partial charge in [-0.2, -0.15) is 13.2 Å². The predicted molar refractivity (Wildman–Crippen MR) is 72.3 cm³/mol. The Morgan fingerprint density at radius 2 is 2.05 bits per heavy atom. The second kappa shape index (κ2) is 6.39. The minimum absolute atomic E-state index is 0.0159. The van der Waals surface area contributed by atoms with Gasteiger partial charge in [0.2, 0.25) is 5.76 Å². The van der Waals surface area contributed by atoms with Crippen LogP contribution in [0.2, 0.25) is 0 Å². The Kier molecular flexibility index (Phi) is 4.74. The van der Waals surface area contributed by atoms with Crippen molar-refractivity contribution in [2.75, 3.05) is 11.9 Å². The van der Waals surface area contributed by atoms with E-state index in [1.807, 2.05) is 0 Å². The summed E-state index contributed by atoms with van der Waals surface area (Å²) in [5.74, 6) is -2.24. The largest absolute Gasteiger partial charge is 0.481 e. The molecule has 0 unspecified atom stereocenters. The van der Waals surface area contributed by atoms with Crippen LogP contribution in [0.4, 0.5) is 23.2 Å². The molecule has 0 bridgehead atoms. The van der Waals surface area contributed by atoms with Gasteiger partial charge in [-0.05, 0) is 34.1 Å². The molecule has 22 heavy (non-hydrogen) atoms. The van der Waals surface area contributed by atoms with E-state index >= 15 is 0 Å². The summed E-state index contributed by atoms with van der Waals surface area (Å²) in [5, 5.41) is 2.35. The molecule has 2 aromatic rings. The zero-order valence-corrected chi connectivity index (χ0v) is 12.3. The summed E-state index contributed by atoms with van der Waals surface area (Å²) in [6.45, 7) is -1.60. The Hall–Kier alpha value is -2.03. The lowest BCUT2D eigenvalue weighted by Gasteiger charge is -2.11. The molecular weight excluding hydrogens is 374 g/mol. The van der Waals surface area contributed by atoms with E-state index in [9.17, 15) is 22.4 Å². The average molecular weight is 382 g/mol. The quantitative estimate of drug-likeness (QED) is 0.799. The Morgan fingerprint density at radius 1 is 1.32 bits per heavy atom. The van der Waals surface area contributed by atoms with Crippen LogP contribution in [0, 0.1) is 5.82 Å². The van der Waals surface area contributed by atoms with E-state index in [0.29, 0.717) is 4.47 Å². The summed E-state index contributed by atoms with van der Waals surface area (Å²) in [6.07, 6.45) is -3.28. The first-order valence-electron chi connectivity index (χ1n) is 5.80. The fraction of sp³-hybridized carbons (Fsp3) is 0.154. The summed E-state index contributed by atoms with van der Waals surface area (Å²) in [5.41, 5.74) is 0.0464. The molecule has 9 heteroatoms. The normalized spacial score (nSPS) is 11.3. The lowest BCUT2D eigenvalue weighted by Crippen LogP contribution is -2.19. The van der Waals surface area contributed by atoms with Crippen LogP contribution in [0.5, 0.6) is 5.75 Å². The molecule has 0 aliphatic heterocycles. The molecule has 0 aliphatic rings. The van der Waals surface area contributed by atoms with E-state index in [1.165, 1.54) is 18.4 Å². The molecule has 0 fully saturated rings. The van der Waals surface area contributed by atoms with Crippen molar-refractivity contribution < 1.29 is 31.5 Å². The Bertz CT molecular complexity index is 684. The number of furan rings is 1. The van der Waals surface area contributed by atoms with Crippen LogP contribution in [0.25, 0.3) is 0 Å². The standard InChI is InChI=1S/C13H8BrF4NO3/c14-8-3-4-21-11(8)12(20)19-7-1-2-10(9(15)5-7)22-6-13(16,17)18/h1-5H,6H2,(H,19,20). The van der Waals surface area contributed by atoms with Gasteiger partial charge in [-0.25, -0.2) is 4.39 Å². The monoisotopic (exact) mass is 381 g/mol. The lowest BCUT2D eigenvalue weighted by molar-refractivity contribution is -0.153. The van der Waals surface area contributed by atoms with E-state index in [0.717, 1.165) is 12.1 Å². The van der Waals surface area contributed by atoms with Crippen molar-refractivity contribution in [3.63, 3.8) is 0 Å². The number of hydrogen-bond acceptors (Lipinski definition) is 3. The molecule has 1 aromatic heterocycles. The maximum Gasteiger partial charge on any atom is 0.422 e. The van der Waals surface area contributed by atoms with Crippen LogP contribution < -0.4 is 10.1 Å². The van der Waals surface area contributed by atoms with Crippen LogP contribution in [0.15, 0.2) is 39.4 Å². The van der Waals surface area contributed by atoms with Crippen LogP contribution >= 0.6 is 15.9 Å². The lowest BCUT2D eigenvalue weighted by atomic mass is 10.2. The SMILES string of the molecule is O=C(Nc1ccc(OCC(F)(F)F)c(F)c1)c1occc1Br. The molecular formula is C13H8BrF4NO3. The highest BCUT2D eigenvalue weighted by atomic mass is 79.9. The molecule has 4 nitrogen and oxygen atoms in total. The van der Waals surface area contributed by atoms with E-state index in [-0.39, 0.29) is 11.4 Å². The summed E-state index contributed by atoms with van der Waals surface area (Å²) >= 11 is 3.09. The van der Waals surface area contributed by atoms with E-state index in [2.05, 4.69) is 26.0 Å². The minimum atomic E-state index is -4.56. The Balaban J connectivity index is 2.06. The number of hydrogen-bond donors (Lipinski definition) is 1. The van der Waals surface area contributed by atoms with Gasteiger partial charge in [0, 0.05) is 11.8 Å². The minimum Gasteiger partial charge on any atom is -0.481 e. The topological polar surface area (TPSA) is 51.5 Å². The Labute approximate surface area is 130 Å². The third-order valence-electron chi connectivity index (χ3n) is 2.40. The molecule has 1 N–H and O–H groups in total.